The zero-order valence-electron chi connectivity index (χ0n) is 16.2. The van der Waals surface area contributed by atoms with E-state index in [-0.39, 0.29) is 16.5 Å². The molecular formula is C20H24N2O5S. The van der Waals surface area contributed by atoms with Gasteiger partial charge in [0.15, 0.2) is 6.10 Å². The van der Waals surface area contributed by atoms with Crippen molar-refractivity contribution in [3.8, 4) is 0 Å². The van der Waals surface area contributed by atoms with Gasteiger partial charge in [0, 0.05) is 18.8 Å². The molecule has 28 heavy (non-hydrogen) atoms. The Hall–Kier alpha value is -2.71. The van der Waals surface area contributed by atoms with Crippen LogP contribution in [-0.2, 0) is 19.6 Å². The SMILES string of the molecule is CC(C)N(C)S(=O)(=O)c1cccc(C(=O)O[C@@H](C)C(=O)Nc2ccccc2)c1. The number of nitrogens with one attached hydrogen (secondary N) is 1. The van der Waals surface area contributed by atoms with Crippen molar-refractivity contribution < 1.29 is 22.7 Å². The Balaban J connectivity index is 2.11. The largest absolute Gasteiger partial charge is 0.449 e. The highest BCUT2D eigenvalue weighted by Gasteiger charge is 2.25. The maximum Gasteiger partial charge on any atom is 0.338 e. The van der Waals surface area contributed by atoms with E-state index in [0.29, 0.717) is 5.69 Å². The van der Waals surface area contributed by atoms with Crippen LogP contribution in [0.1, 0.15) is 31.1 Å². The first kappa shape index (κ1) is 21.6. The molecule has 7 nitrogen and oxygen atoms in total. The fourth-order valence-corrected chi connectivity index (χ4v) is 3.69. The zero-order chi connectivity index (χ0) is 20.9. The van der Waals surface area contributed by atoms with Crippen LogP contribution in [0.3, 0.4) is 0 Å². The van der Waals surface area contributed by atoms with E-state index >= 15 is 0 Å². The van der Waals surface area contributed by atoms with Crippen LogP contribution < -0.4 is 5.32 Å². The second-order valence-corrected chi connectivity index (χ2v) is 8.54. The molecule has 1 amide bonds. The number of nitrogens with zero attached hydrogens (tertiary/aromatic N) is 1. The predicted octanol–water partition coefficient (Wildman–Crippen LogP) is 2.90. The average molecular weight is 404 g/mol. The molecular weight excluding hydrogens is 380 g/mol. The Kier molecular flexibility index (Phi) is 6.93. The maximum absolute atomic E-state index is 12.6. The molecule has 0 aliphatic heterocycles. The first-order valence-electron chi connectivity index (χ1n) is 8.78. The lowest BCUT2D eigenvalue weighted by molar-refractivity contribution is -0.123. The summed E-state index contributed by atoms with van der Waals surface area (Å²) in [4.78, 5) is 24.5. The summed E-state index contributed by atoms with van der Waals surface area (Å²) in [7, 11) is -2.26. The fraction of sp³-hybridized carbons (Fsp3) is 0.300. The lowest BCUT2D eigenvalue weighted by Crippen LogP contribution is -2.33. The molecule has 2 aromatic carbocycles. The summed E-state index contributed by atoms with van der Waals surface area (Å²) < 4.78 is 31.6. The number of para-hydroxylation sites is 1. The number of sulfonamides is 1. The standard InChI is InChI=1S/C20H24N2O5S/c1-14(2)22(4)28(25,26)18-12-8-9-16(13-18)20(24)27-15(3)19(23)21-17-10-6-5-7-11-17/h5-15H,1-4H3,(H,21,23)/t15-/m0/s1. The van der Waals surface area contributed by atoms with Crippen LogP contribution in [0, 0.1) is 0 Å². The summed E-state index contributed by atoms with van der Waals surface area (Å²) in [6, 6.07) is 14.1. The van der Waals surface area contributed by atoms with Gasteiger partial charge in [-0.2, -0.15) is 4.31 Å². The molecule has 1 atom stereocenters. The van der Waals surface area contributed by atoms with Crippen molar-refractivity contribution in [2.75, 3.05) is 12.4 Å². The molecule has 150 valence electrons. The monoisotopic (exact) mass is 404 g/mol. The van der Waals surface area contributed by atoms with Crippen LogP contribution in [0.4, 0.5) is 5.69 Å². The third-order valence-electron chi connectivity index (χ3n) is 4.17. The summed E-state index contributed by atoms with van der Waals surface area (Å²) >= 11 is 0. The molecule has 0 saturated heterocycles. The highest BCUT2D eigenvalue weighted by Crippen LogP contribution is 2.19. The second kappa shape index (κ2) is 8.99. The Morgan fingerprint density at radius 2 is 1.64 bits per heavy atom. The lowest BCUT2D eigenvalue weighted by atomic mass is 10.2. The Morgan fingerprint density at radius 1 is 1.00 bits per heavy atom. The zero-order valence-corrected chi connectivity index (χ0v) is 17.1. The van der Waals surface area contributed by atoms with Gasteiger partial charge < -0.3 is 10.1 Å². The minimum Gasteiger partial charge on any atom is -0.449 e. The van der Waals surface area contributed by atoms with E-state index in [1.165, 1.54) is 42.5 Å². The van der Waals surface area contributed by atoms with Crippen LogP contribution in [0.2, 0.25) is 0 Å². The first-order valence-corrected chi connectivity index (χ1v) is 10.2. The van der Waals surface area contributed by atoms with Crippen molar-refractivity contribution in [2.24, 2.45) is 0 Å². The van der Waals surface area contributed by atoms with Gasteiger partial charge >= 0.3 is 5.97 Å². The number of carbonyl (C=O) groups excluding carboxylic acids is 2. The van der Waals surface area contributed by atoms with Gasteiger partial charge in [-0.15, -0.1) is 0 Å². The number of esters is 1. The van der Waals surface area contributed by atoms with E-state index in [1.54, 1.807) is 38.1 Å². The Labute approximate surface area is 165 Å². The van der Waals surface area contributed by atoms with Gasteiger partial charge in [0.2, 0.25) is 10.0 Å². The third-order valence-corrected chi connectivity index (χ3v) is 6.20. The summed E-state index contributed by atoms with van der Waals surface area (Å²) in [5, 5.41) is 2.64. The molecule has 8 heteroatoms. The average Bonchev–Trinajstić information content (AvgIpc) is 2.68. The van der Waals surface area contributed by atoms with E-state index in [4.69, 9.17) is 4.74 Å². The number of hydrogen-bond acceptors (Lipinski definition) is 5. The molecule has 0 saturated carbocycles. The van der Waals surface area contributed by atoms with Gasteiger partial charge in [-0.05, 0) is 51.1 Å². The molecule has 0 aliphatic carbocycles. The minimum atomic E-state index is -3.73. The van der Waals surface area contributed by atoms with Crippen molar-refractivity contribution in [2.45, 2.75) is 37.8 Å². The normalized spacial score (nSPS) is 12.6. The van der Waals surface area contributed by atoms with Crippen molar-refractivity contribution in [3.63, 3.8) is 0 Å². The fourth-order valence-electron chi connectivity index (χ4n) is 2.27. The number of ether oxygens (including phenoxy) is 1. The summed E-state index contributed by atoms with van der Waals surface area (Å²) in [6.07, 6.45) is -1.05. The van der Waals surface area contributed by atoms with Crippen LogP contribution in [0.25, 0.3) is 0 Å². The third kappa shape index (κ3) is 5.17. The molecule has 0 bridgehead atoms. The molecule has 1 N–H and O–H groups in total. The molecule has 0 fully saturated rings. The van der Waals surface area contributed by atoms with E-state index in [2.05, 4.69) is 5.32 Å². The first-order chi connectivity index (χ1) is 13.1. The van der Waals surface area contributed by atoms with Gasteiger partial charge in [-0.25, -0.2) is 13.2 Å². The molecule has 0 unspecified atom stereocenters. The van der Waals surface area contributed by atoms with Gasteiger partial charge in [0.1, 0.15) is 0 Å². The molecule has 2 rings (SSSR count). The van der Waals surface area contributed by atoms with Crippen molar-refractivity contribution in [3.05, 3.63) is 60.2 Å². The molecule has 0 spiro atoms. The summed E-state index contributed by atoms with van der Waals surface area (Å²) in [5.41, 5.74) is 0.637. The topological polar surface area (TPSA) is 92.8 Å². The smallest absolute Gasteiger partial charge is 0.338 e. The maximum atomic E-state index is 12.6. The van der Waals surface area contributed by atoms with E-state index in [0.717, 1.165) is 0 Å². The summed E-state index contributed by atoms with van der Waals surface area (Å²) in [6.45, 7) is 4.95. The number of rotatable bonds is 7. The predicted molar refractivity (Wildman–Crippen MR) is 106 cm³/mol. The highest BCUT2D eigenvalue weighted by atomic mass is 32.2. The molecule has 0 radical (unpaired) electrons. The molecule has 0 heterocycles. The van der Waals surface area contributed by atoms with Crippen LogP contribution in [0.5, 0.6) is 0 Å². The van der Waals surface area contributed by atoms with Gasteiger partial charge in [0.25, 0.3) is 5.91 Å². The number of carbonyl (C=O) groups is 2. The Morgan fingerprint density at radius 3 is 2.25 bits per heavy atom. The van der Waals surface area contributed by atoms with Crippen molar-refractivity contribution in [1.82, 2.24) is 4.31 Å². The van der Waals surface area contributed by atoms with Crippen LogP contribution in [-0.4, -0.2) is 43.8 Å². The highest BCUT2D eigenvalue weighted by molar-refractivity contribution is 7.89. The van der Waals surface area contributed by atoms with E-state index in [1.807, 2.05) is 6.07 Å². The van der Waals surface area contributed by atoms with Gasteiger partial charge in [0.05, 0.1) is 10.5 Å². The number of amides is 1. The molecule has 0 aliphatic rings. The van der Waals surface area contributed by atoms with Gasteiger partial charge in [-0.1, -0.05) is 24.3 Å². The van der Waals surface area contributed by atoms with Crippen LogP contribution in [0.15, 0.2) is 59.5 Å². The van der Waals surface area contributed by atoms with E-state index in [9.17, 15) is 18.0 Å². The second-order valence-electron chi connectivity index (χ2n) is 6.55. The number of anilines is 1. The quantitative estimate of drug-likeness (QED) is 0.717. The van der Waals surface area contributed by atoms with Crippen molar-refractivity contribution in [1.29, 1.82) is 0 Å². The molecule has 0 aromatic heterocycles. The minimum absolute atomic E-state index is 0.0143. The summed E-state index contributed by atoms with van der Waals surface area (Å²) in [5.74, 6) is -1.26. The number of hydrogen-bond donors (Lipinski definition) is 1. The van der Waals surface area contributed by atoms with Gasteiger partial charge in [-0.3, -0.25) is 4.79 Å². The Bertz CT molecular complexity index is 942. The van der Waals surface area contributed by atoms with Crippen LogP contribution >= 0.6 is 0 Å². The van der Waals surface area contributed by atoms with Crippen molar-refractivity contribution >= 4 is 27.6 Å². The van der Waals surface area contributed by atoms with E-state index < -0.39 is 28.0 Å². The number of benzene rings is 2. The molecule has 2 aromatic rings. The lowest BCUT2D eigenvalue weighted by Gasteiger charge is -2.21.